The lowest BCUT2D eigenvalue weighted by molar-refractivity contribution is -0.136. The number of nitrogens with two attached hydrogens (primary N) is 1. The van der Waals surface area contributed by atoms with Crippen LogP contribution in [0.2, 0.25) is 0 Å². The van der Waals surface area contributed by atoms with Crippen molar-refractivity contribution in [1.82, 2.24) is 4.90 Å². The summed E-state index contributed by atoms with van der Waals surface area (Å²) in [5.74, 6) is -5.31. The molecule has 174 valence electrons. The zero-order valence-corrected chi connectivity index (χ0v) is 19.5. The summed E-state index contributed by atoms with van der Waals surface area (Å²) in [6.45, 7) is 0. The number of aromatic hydroxyl groups is 1. The summed E-state index contributed by atoms with van der Waals surface area (Å²) < 4.78 is 5.34. The number of phenolic OH excluding ortho intramolecular Hbond substituents is 1. The molecule has 1 heterocycles. The van der Waals surface area contributed by atoms with E-state index in [9.17, 15) is 29.1 Å². The number of primary amides is 1. The molecular weight excluding hydrogens is 508 g/mol. The number of ether oxygens (including phenoxy) is 1. The maximum absolute atomic E-state index is 13.1. The first-order valence-corrected chi connectivity index (χ1v) is 11.4. The van der Waals surface area contributed by atoms with Gasteiger partial charge in [-0.25, -0.2) is 4.79 Å². The Morgan fingerprint density at radius 3 is 2.59 bits per heavy atom. The Bertz CT molecular complexity index is 1310. The number of para-hydroxylation sites is 1. The van der Waals surface area contributed by atoms with E-state index in [-0.39, 0.29) is 45.8 Å². The van der Waals surface area contributed by atoms with Gasteiger partial charge in [-0.1, -0.05) is 23.8 Å². The van der Waals surface area contributed by atoms with Crippen LogP contribution < -0.4 is 10.5 Å². The number of methoxy groups -OCH3 is 1. The maximum atomic E-state index is 13.1. The number of hydrogen-bond acceptors (Lipinski definition) is 7. The Labute approximate surface area is 202 Å². The number of ketones is 2. The van der Waals surface area contributed by atoms with Gasteiger partial charge in [0.25, 0.3) is 0 Å². The molecule has 10 heteroatoms. The first-order chi connectivity index (χ1) is 16.2. The summed E-state index contributed by atoms with van der Waals surface area (Å²) in [7, 11) is 1.40. The third kappa shape index (κ3) is 2.94. The molecule has 4 aliphatic rings. The van der Waals surface area contributed by atoms with E-state index < -0.39 is 47.3 Å². The van der Waals surface area contributed by atoms with Crippen LogP contribution in [0.25, 0.3) is 0 Å². The SMILES string of the molecule is COc1cccc([C@H]2C3=CC[C@@H]4C(=O)N(C(N)=O)C(=O)[C@@H]4[C@@H]3CC3=C2C(=O)C=C(Br)C3=O)c1O. The number of carbonyl (C=O) groups is 5. The Morgan fingerprint density at radius 2 is 1.91 bits per heavy atom. The van der Waals surface area contributed by atoms with E-state index in [0.29, 0.717) is 16.0 Å². The van der Waals surface area contributed by atoms with Crippen molar-refractivity contribution in [2.24, 2.45) is 23.5 Å². The predicted octanol–water partition coefficient (Wildman–Crippen LogP) is 2.24. The standard InChI is InChI=1S/C24H19BrN2O7/c1-34-16-4-2-3-10(21(16)30)17-9-5-6-11-18(23(32)27(22(11)31)24(26)33)12(9)7-13-19(17)15(28)8-14(25)20(13)29/h2-5,8,11-12,17-18,30H,6-7H2,1H3,(H2,26,33)/t11-,12+,17+,18-/m0/s1. The van der Waals surface area contributed by atoms with Crippen LogP contribution in [-0.4, -0.2) is 46.5 Å². The van der Waals surface area contributed by atoms with Crippen molar-refractivity contribution >= 4 is 45.3 Å². The van der Waals surface area contributed by atoms with Crippen LogP contribution in [0, 0.1) is 17.8 Å². The predicted molar refractivity (Wildman–Crippen MR) is 121 cm³/mol. The van der Waals surface area contributed by atoms with Crippen LogP contribution in [0.5, 0.6) is 11.5 Å². The summed E-state index contributed by atoms with van der Waals surface area (Å²) in [5, 5.41) is 10.9. The normalized spacial score (nSPS) is 28.2. The molecule has 4 amide bonds. The lowest BCUT2D eigenvalue weighted by Crippen LogP contribution is -2.42. The highest BCUT2D eigenvalue weighted by atomic mass is 79.9. The lowest BCUT2D eigenvalue weighted by Gasteiger charge is -2.42. The number of hydrogen-bond donors (Lipinski definition) is 2. The molecule has 0 saturated carbocycles. The number of nitrogens with zero attached hydrogens (tertiary/aromatic N) is 1. The van der Waals surface area contributed by atoms with Gasteiger partial charge < -0.3 is 15.6 Å². The molecule has 3 aliphatic carbocycles. The third-order valence-electron chi connectivity index (χ3n) is 7.11. The molecule has 1 aromatic carbocycles. The molecular formula is C24H19BrN2O7. The molecule has 5 rings (SSSR count). The third-order valence-corrected chi connectivity index (χ3v) is 7.70. The fourth-order valence-corrected chi connectivity index (χ4v) is 6.16. The molecule has 1 aromatic rings. The van der Waals surface area contributed by atoms with Crippen LogP contribution in [0.1, 0.15) is 24.3 Å². The van der Waals surface area contributed by atoms with Gasteiger partial charge in [0.1, 0.15) is 0 Å². The Balaban J connectivity index is 1.73. The number of Topliss-reactive ketones (excluding diaryl/α,β-unsaturated/α-hetero) is 1. The smallest absolute Gasteiger partial charge is 0.328 e. The molecule has 0 aromatic heterocycles. The highest BCUT2D eigenvalue weighted by Gasteiger charge is 2.57. The number of urea groups is 1. The lowest BCUT2D eigenvalue weighted by atomic mass is 9.59. The molecule has 1 aliphatic heterocycles. The van der Waals surface area contributed by atoms with Crippen LogP contribution in [0.15, 0.2) is 51.6 Å². The molecule has 0 radical (unpaired) electrons. The molecule has 3 N–H and O–H groups in total. The van der Waals surface area contributed by atoms with Gasteiger partial charge in [-0.05, 0) is 40.8 Å². The fraction of sp³-hybridized carbons (Fsp3) is 0.292. The van der Waals surface area contributed by atoms with Gasteiger partial charge in [0.15, 0.2) is 23.1 Å². The average Bonchev–Trinajstić information content (AvgIpc) is 3.06. The molecule has 0 spiro atoms. The van der Waals surface area contributed by atoms with E-state index >= 15 is 0 Å². The molecule has 4 atom stereocenters. The number of imide groups is 3. The van der Waals surface area contributed by atoms with Gasteiger partial charge in [0.05, 0.1) is 23.4 Å². The van der Waals surface area contributed by atoms with Crippen molar-refractivity contribution in [1.29, 1.82) is 0 Å². The van der Waals surface area contributed by atoms with Crippen molar-refractivity contribution in [2.75, 3.05) is 7.11 Å². The van der Waals surface area contributed by atoms with E-state index in [1.54, 1.807) is 24.3 Å². The van der Waals surface area contributed by atoms with Crippen LogP contribution in [0.4, 0.5) is 4.79 Å². The molecule has 0 unspecified atom stereocenters. The Kier molecular flexibility index (Phi) is 5.09. The number of fused-ring (bicyclic) bond motifs is 3. The maximum Gasteiger partial charge on any atom is 0.328 e. The zero-order chi connectivity index (χ0) is 24.5. The number of allylic oxidation sites excluding steroid dienone is 6. The first kappa shape index (κ1) is 22.3. The molecule has 34 heavy (non-hydrogen) atoms. The summed E-state index contributed by atoms with van der Waals surface area (Å²) >= 11 is 3.15. The minimum atomic E-state index is -1.14. The molecule has 1 fully saturated rings. The Hall–Kier alpha value is -3.53. The van der Waals surface area contributed by atoms with Crippen LogP contribution in [-0.2, 0) is 19.2 Å². The number of likely N-dealkylation sites (tertiary alicyclic amines) is 1. The fourth-order valence-electron chi connectivity index (χ4n) is 5.72. The van der Waals surface area contributed by atoms with E-state index in [1.165, 1.54) is 13.2 Å². The van der Waals surface area contributed by atoms with Gasteiger partial charge in [0.2, 0.25) is 11.8 Å². The number of benzene rings is 1. The van der Waals surface area contributed by atoms with Crippen molar-refractivity contribution in [2.45, 2.75) is 18.8 Å². The molecule has 0 bridgehead atoms. The van der Waals surface area contributed by atoms with Gasteiger partial charge in [-0.15, -0.1) is 0 Å². The van der Waals surface area contributed by atoms with E-state index in [0.717, 1.165) is 0 Å². The van der Waals surface area contributed by atoms with Crippen molar-refractivity contribution in [3.8, 4) is 11.5 Å². The Morgan fingerprint density at radius 1 is 1.18 bits per heavy atom. The monoisotopic (exact) mass is 526 g/mol. The van der Waals surface area contributed by atoms with E-state index in [4.69, 9.17) is 10.5 Å². The first-order valence-electron chi connectivity index (χ1n) is 10.6. The summed E-state index contributed by atoms with van der Waals surface area (Å²) in [5.41, 5.74) is 6.72. The highest BCUT2D eigenvalue weighted by Crippen LogP contribution is 2.56. The minimum absolute atomic E-state index is 0.0443. The van der Waals surface area contributed by atoms with Gasteiger partial charge in [0, 0.05) is 28.7 Å². The summed E-state index contributed by atoms with van der Waals surface area (Å²) in [6.07, 6.45) is 3.19. The number of amides is 4. The van der Waals surface area contributed by atoms with Gasteiger partial charge in [-0.2, -0.15) is 4.90 Å². The second-order valence-electron chi connectivity index (χ2n) is 8.64. The topological polar surface area (TPSA) is 144 Å². The second kappa shape index (κ2) is 7.76. The average molecular weight is 527 g/mol. The highest BCUT2D eigenvalue weighted by molar-refractivity contribution is 9.12. The summed E-state index contributed by atoms with van der Waals surface area (Å²) in [4.78, 5) is 64.5. The molecule has 1 saturated heterocycles. The molecule has 9 nitrogen and oxygen atoms in total. The number of carbonyl (C=O) groups excluding carboxylic acids is 5. The van der Waals surface area contributed by atoms with Crippen LogP contribution >= 0.6 is 15.9 Å². The van der Waals surface area contributed by atoms with Gasteiger partial charge >= 0.3 is 6.03 Å². The second-order valence-corrected chi connectivity index (χ2v) is 9.50. The van der Waals surface area contributed by atoms with Crippen molar-refractivity contribution < 1.29 is 33.8 Å². The van der Waals surface area contributed by atoms with Crippen molar-refractivity contribution in [3.63, 3.8) is 0 Å². The summed E-state index contributed by atoms with van der Waals surface area (Å²) in [6, 6.07) is 3.71. The minimum Gasteiger partial charge on any atom is -0.504 e. The van der Waals surface area contributed by atoms with Crippen molar-refractivity contribution in [3.05, 3.63) is 57.1 Å². The van der Waals surface area contributed by atoms with E-state index in [2.05, 4.69) is 15.9 Å². The van der Waals surface area contributed by atoms with Gasteiger partial charge in [-0.3, -0.25) is 19.2 Å². The number of phenols is 1. The number of halogens is 1. The quantitative estimate of drug-likeness (QED) is 0.341. The number of rotatable bonds is 2. The van der Waals surface area contributed by atoms with Crippen LogP contribution in [0.3, 0.4) is 0 Å². The largest absolute Gasteiger partial charge is 0.504 e. The zero-order valence-electron chi connectivity index (χ0n) is 17.9. The van der Waals surface area contributed by atoms with E-state index in [1.807, 2.05) is 0 Å².